The third kappa shape index (κ3) is 2.38. The van der Waals surface area contributed by atoms with E-state index in [1.807, 2.05) is 6.92 Å². The van der Waals surface area contributed by atoms with Crippen molar-refractivity contribution in [3.63, 3.8) is 0 Å². The molecule has 1 aliphatic rings. The van der Waals surface area contributed by atoms with Crippen LogP contribution in [0.4, 0.5) is 0 Å². The first-order valence-electron chi connectivity index (χ1n) is 5.56. The second-order valence-electron chi connectivity index (χ2n) is 4.41. The van der Waals surface area contributed by atoms with E-state index in [-0.39, 0.29) is 6.04 Å². The quantitative estimate of drug-likeness (QED) is 0.794. The Morgan fingerprint density at radius 3 is 3.00 bits per heavy atom. The van der Waals surface area contributed by atoms with E-state index in [0.29, 0.717) is 6.04 Å². The van der Waals surface area contributed by atoms with Crippen LogP contribution >= 0.6 is 11.3 Å². The van der Waals surface area contributed by atoms with E-state index in [1.165, 1.54) is 17.8 Å². The number of likely N-dealkylation sites (tertiary alicyclic amines) is 1. The Morgan fingerprint density at radius 2 is 2.33 bits per heavy atom. The van der Waals surface area contributed by atoms with Crippen molar-refractivity contribution >= 4 is 11.3 Å². The number of nitrogens with two attached hydrogens (primary N) is 1. The molecule has 2 N–H and O–H groups in total. The monoisotopic (exact) mass is 225 g/mol. The molecule has 0 aromatic carbocycles. The van der Waals surface area contributed by atoms with Crippen molar-refractivity contribution in [2.45, 2.75) is 38.3 Å². The van der Waals surface area contributed by atoms with Crippen molar-refractivity contribution < 1.29 is 0 Å². The van der Waals surface area contributed by atoms with Gasteiger partial charge in [-0.15, -0.1) is 11.3 Å². The number of thiazole rings is 1. The molecular formula is C11H19N3S. The van der Waals surface area contributed by atoms with Gasteiger partial charge in [0, 0.05) is 17.1 Å². The summed E-state index contributed by atoms with van der Waals surface area (Å²) < 4.78 is 0. The normalized spacial score (nSPS) is 29.0. The maximum absolute atomic E-state index is 6.24. The molecule has 3 nitrogen and oxygen atoms in total. The fourth-order valence-corrected chi connectivity index (χ4v) is 3.28. The maximum atomic E-state index is 6.24. The molecule has 2 rings (SSSR count). The van der Waals surface area contributed by atoms with Gasteiger partial charge in [0.15, 0.2) is 0 Å². The second-order valence-corrected chi connectivity index (χ2v) is 5.30. The van der Waals surface area contributed by atoms with Crippen LogP contribution in [0.5, 0.6) is 0 Å². The zero-order valence-electron chi connectivity index (χ0n) is 9.44. The number of hydrogen-bond acceptors (Lipinski definition) is 4. The lowest BCUT2D eigenvalue weighted by atomic mass is 10.1. The number of rotatable bonds is 1. The third-order valence-corrected chi connectivity index (χ3v) is 4.10. The smallest absolute Gasteiger partial charge is 0.112 e. The molecular weight excluding hydrogens is 206 g/mol. The summed E-state index contributed by atoms with van der Waals surface area (Å²) in [6, 6.07) is 0.564. The van der Waals surface area contributed by atoms with Gasteiger partial charge in [-0.2, -0.15) is 0 Å². The first-order chi connectivity index (χ1) is 7.18. The molecule has 1 saturated heterocycles. The Balaban J connectivity index is 2.23. The predicted molar refractivity (Wildman–Crippen MR) is 64.0 cm³/mol. The molecule has 1 aromatic rings. The number of aryl methyl sites for hydroxylation is 1. The summed E-state index contributed by atoms with van der Waals surface area (Å²) in [6.45, 7) is 3.18. The van der Waals surface area contributed by atoms with Gasteiger partial charge in [-0.3, -0.25) is 4.90 Å². The average molecular weight is 225 g/mol. The lowest BCUT2D eigenvalue weighted by Crippen LogP contribution is -2.37. The van der Waals surface area contributed by atoms with Crippen LogP contribution in [0.15, 0.2) is 5.38 Å². The third-order valence-electron chi connectivity index (χ3n) is 3.07. The van der Waals surface area contributed by atoms with Gasteiger partial charge in [0.1, 0.15) is 5.01 Å². The van der Waals surface area contributed by atoms with Gasteiger partial charge in [-0.05, 0) is 33.4 Å². The first kappa shape index (κ1) is 11.0. The van der Waals surface area contributed by atoms with Crippen LogP contribution in [-0.2, 0) is 0 Å². The minimum absolute atomic E-state index is 0.239. The molecule has 2 unspecified atom stereocenters. The van der Waals surface area contributed by atoms with Gasteiger partial charge in [-0.1, -0.05) is 6.42 Å². The van der Waals surface area contributed by atoms with Crippen LogP contribution in [0.1, 0.15) is 36.0 Å². The van der Waals surface area contributed by atoms with E-state index < -0.39 is 0 Å². The van der Waals surface area contributed by atoms with Crippen molar-refractivity contribution in [3.05, 3.63) is 16.1 Å². The molecule has 0 spiro atoms. The van der Waals surface area contributed by atoms with E-state index in [9.17, 15) is 0 Å². The Hall–Kier alpha value is -0.450. The molecule has 0 saturated carbocycles. The molecule has 15 heavy (non-hydrogen) atoms. The highest BCUT2D eigenvalue weighted by molar-refractivity contribution is 7.09. The Kier molecular flexibility index (Phi) is 3.38. The van der Waals surface area contributed by atoms with Crippen molar-refractivity contribution in [1.29, 1.82) is 0 Å². The molecule has 84 valence electrons. The van der Waals surface area contributed by atoms with E-state index in [2.05, 4.69) is 22.3 Å². The summed E-state index contributed by atoms with van der Waals surface area (Å²) in [7, 11) is 2.16. The van der Waals surface area contributed by atoms with Crippen LogP contribution in [0.2, 0.25) is 0 Å². The lowest BCUT2D eigenvalue weighted by Gasteiger charge is -2.28. The SMILES string of the molecule is Cc1csc(C2C(N)CCCCN2C)n1. The molecule has 1 aliphatic heterocycles. The van der Waals surface area contributed by atoms with Crippen LogP contribution in [0, 0.1) is 6.92 Å². The summed E-state index contributed by atoms with van der Waals surface area (Å²) in [6.07, 6.45) is 3.62. The Morgan fingerprint density at radius 1 is 1.53 bits per heavy atom. The number of aromatic nitrogens is 1. The summed E-state index contributed by atoms with van der Waals surface area (Å²) in [5.74, 6) is 0. The predicted octanol–water partition coefficient (Wildman–Crippen LogP) is 1.94. The molecule has 0 bridgehead atoms. The second kappa shape index (κ2) is 4.60. The van der Waals surface area contributed by atoms with Crippen molar-refractivity contribution in [2.24, 2.45) is 5.73 Å². The zero-order chi connectivity index (χ0) is 10.8. The molecule has 0 radical (unpaired) electrons. The van der Waals surface area contributed by atoms with Crippen molar-refractivity contribution in [3.8, 4) is 0 Å². The highest BCUT2D eigenvalue weighted by Crippen LogP contribution is 2.29. The van der Waals surface area contributed by atoms with Crippen LogP contribution in [0.3, 0.4) is 0 Å². The van der Waals surface area contributed by atoms with Gasteiger partial charge in [-0.25, -0.2) is 4.98 Å². The van der Waals surface area contributed by atoms with E-state index in [4.69, 9.17) is 5.73 Å². The van der Waals surface area contributed by atoms with Crippen LogP contribution < -0.4 is 5.73 Å². The number of hydrogen-bond donors (Lipinski definition) is 1. The summed E-state index contributed by atoms with van der Waals surface area (Å²) in [5, 5.41) is 3.30. The van der Waals surface area contributed by atoms with Crippen molar-refractivity contribution in [2.75, 3.05) is 13.6 Å². The van der Waals surface area contributed by atoms with Gasteiger partial charge >= 0.3 is 0 Å². The molecule has 0 aliphatic carbocycles. The highest BCUT2D eigenvalue weighted by Gasteiger charge is 2.28. The fraction of sp³-hybridized carbons (Fsp3) is 0.727. The highest BCUT2D eigenvalue weighted by atomic mass is 32.1. The van der Waals surface area contributed by atoms with Gasteiger partial charge in [0.25, 0.3) is 0 Å². The average Bonchev–Trinajstić information content (AvgIpc) is 2.52. The standard InChI is InChI=1S/C11H19N3S/c1-8-7-15-11(13-8)10-9(12)5-3-4-6-14(10)2/h7,9-10H,3-6,12H2,1-2H3. The van der Waals surface area contributed by atoms with Crippen LogP contribution in [-0.4, -0.2) is 29.5 Å². The first-order valence-corrected chi connectivity index (χ1v) is 6.44. The largest absolute Gasteiger partial charge is 0.326 e. The minimum Gasteiger partial charge on any atom is -0.326 e. The van der Waals surface area contributed by atoms with E-state index in [1.54, 1.807) is 11.3 Å². The molecule has 0 amide bonds. The summed E-state index contributed by atoms with van der Waals surface area (Å²) >= 11 is 1.74. The van der Waals surface area contributed by atoms with Gasteiger partial charge in [0.2, 0.25) is 0 Å². The van der Waals surface area contributed by atoms with E-state index in [0.717, 1.165) is 18.7 Å². The molecule has 1 aromatic heterocycles. The lowest BCUT2D eigenvalue weighted by molar-refractivity contribution is 0.229. The minimum atomic E-state index is 0.239. The topological polar surface area (TPSA) is 42.1 Å². The Labute approximate surface area is 95.3 Å². The van der Waals surface area contributed by atoms with E-state index >= 15 is 0 Å². The van der Waals surface area contributed by atoms with Gasteiger partial charge in [0.05, 0.1) is 6.04 Å². The Bertz CT molecular complexity index is 311. The number of likely N-dealkylation sites (N-methyl/N-ethyl adjacent to an activating group) is 1. The maximum Gasteiger partial charge on any atom is 0.112 e. The van der Waals surface area contributed by atoms with Crippen molar-refractivity contribution in [1.82, 2.24) is 9.88 Å². The zero-order valence-corrected chi connectivity index (χ0v) is 10.3. The summed E-state index contributed by atoms with van der Waals surface area (Å²) in [5.41, 5.74) is 7.35. The molecule has 2 atom stereocenters. The van der Waals surface area contributed by atoms with Crippen LogP contribution in [0.25, 0.3) is 0 Å². The number of nitrogens with zero attached hydrogens (tertiary/aromatic N) is 2. The summed E-state index contributed by atoms with van der Waals surface area (Å²) in [4.78, 5) is 6.93. The van der Waals surface area contributed by atoms with Gasteiger partial charge < -0.3 is 5.73 Å². The molecule has 1 fully saturated rings. The molecule has 2 heterocycles. The fourth-order valence-electron chi connectivity index (χ4n) is 2.24. The molecule has 4 heteroatoms.